The number of benzene rings is 1. The number of nitrogens with zero attached hydrogens (tertiary/aromatic N) is 1. The lowest BCUT2D eigenvalue weighted by atomic mass is 10.0. The zero-order valence-corrected chi connectivity index (χ0v) is 14.9. The summed E-state index contributed by atoms with van der Waals surface area (Å²) < 4.78 is 16.5. The second-order valence-corrected chi connectivity index (χ2v) is 7.20. The maximum absolute atomic E-state index is 12.6. The average Bonchev–Trinajstić information content (AvgIpc) is 3.24. The molecule has 1 aliphatic heterocycles. The van der Waals surface area contributed by atoms with Crippen molar-refractivity contribution in [3.05, 3.63) is 28.8 Å². The Morgan fingerprint density at radius 2 is 2.16 bits per heavy atom. The van der Waals surface area contributed by atoms with E-state index < -0.39 is 6.10 Å². The largest absolute Gasteiger partial charge is 0.480 e. The van der Waals surface area contributed by atoms with Gasteiger partial charge in [-0.3, -0.25) is 10.1 Å². The van der Waals surface area contributed by atoms with E-state index in [0.29, 0.717) is 28.8 Å². The summed E-state index contributed by atoms with van der Waals surface area (Å²) in [6.45, 7) is 2.13. The van der Waals surface area contributed by atoms with Gasteiger partial charge in [-0.25, -0.2) is 4.98 Å². The highest BCUT2D eigenvalue weighted by atomic mass is 32.1. The molecule has 0 radical (unpaired) electrons. The monoisotopic (exact) mass is 360 g/mol. The molecule has 1 aliphatic carbocycles. The Labute approximate surface area is 150 Å². The number of ether oxygens (including phenoxy) is 3. The summed E-state index contributed by atoms with van der Waals surface area (Å²) in [6.07, 6.45) is 4.43. The molecule has 4 rings (SSSR count). The number of hydrogen-bond acceptors (Lipinski definition) is 6. The average molecular weight is 360 g/mol. The fourth-order valence-electron chi connectivity index (χ4n) is 3.03. The fraction of sp³-hybridized carbons (Fsp3) is 0.444. The Kier molecular flexibility index (Phi) is 4.48. The molecular formula is C18H20N2O4S. The minimum atomic E-state index is -0.582. The van der Waals surface area contributed by atoms with Gasteiger partial charge in [0, 0.05) is 10.9 Å². The molecule has 132 valence electrons. The van der Waals surface area contributed by atoms with Gasteiger partial charge in [-0.05, 0) is 44.2 Å². The summed E-state index contributed by atoms with van der Waals surface area (Å²) in [5.74, 6) is 1.74. The van der Waals surface area contributed by atoms with Gasteiger partial charge >= 0.3 is 0 Å². The molecule has 6 nitrogen and oxygen atoms in total. The number of aromatic nitrogens is 1. The van der Waals surface area contributed by atoms with Gasteiger partial charge in [-0.1, -0.05) is 6.92 Å². The third-order valence-electron chi connectivity index (χ3n) is 4.36. The summed E-state index contributed by atoms with van der Waals surface area (Å²) in [5, 5.41) is 3.58. The van der Waals surface area contributed by atoms with Crippen molar-refractivity contribution in [3.63, 3.8) is 0 Å². The van der Waals surface area contributed by atoms with Crippen molar-refractivity contribution in [1.29, 1.82) is 0 Å². The Balaban J connectivity index is 1.43. The number of nitrogens with one attached hydrogen (secondary N) is 1. The second-order valence-electron chi connectivity index (χ2n) is 6.12. The summed E-state index contributed by atoms with van der Waals surface area (Å²) >= 11 is 1.58. The lowest BCUT2D eigenvalue weighted by Gasteiger charge is -2.16. The van der Waals surface area contributed by atoms with Crippen molar-refractivity contribution in [2.24, 2.45) is 0 Å². The van der Waals surface area contributed by atoms with Crippen LogP contribution in [0.5, 0.6) is 17.2 Å². The fourth-order valence-corrected chi connectivity index (χ4v) is 4.08. The molecule has 2 heterocycles. The van der Waals surface area contributed by atoms with Crippen molar-refractivity contribution in [3.8, 4) is 17.2 Å². The Morgan fingerprint density at radius 3 is 3.00 bits per heavy atom. The number of carbonyl (C=O) groups is 1. The molecule has 2 aliphatic rings. The first-order valence-corrected chi connectivity index (χ1v) is 9.40. The molecule has 0 fully saturated rings. The second kappa shape index (κ2) is 6.92. The molecule has 25 heavy (non-hydrogen) atoms. The predicted octanol–water partition coefficient (Wildman–Crippen LogP) is 3.55. The van der Waals surface area contributed by atoms with Crippen molar-refractivity contribution in [2.75, 3.05) is 12.1 Å². The van der Waals surface area contributed by atoms with E-state index in [2.05, 4.69) is 10.3 Å². The number of thiazole rings is 1. The minimum Gasteiger partial charge on any atom is -0.480 e. The van der Waals surface area contributed by atoms with Crippen LogP contribution in [-0.4, -0.2) is 23.8 Å². The standard InChI is InChI=1S/C18H20N2O4S/c1-2-13(24-11-7-8-14-15(9-11)23-10-22-14)17(21)20-18-19-12-5-3-4-6-16(12)25-18/h7-9,13H,2-6,10H2,1H3,(H,19,20,21). The van der Waals surface area contributed by atoms with Crippen molar-refractivity contribution >= 4 is 22.4 Å². The maximum atomic E-state index is 12.6. The van der Waals surface area contributed by atoms with Gasteiger partial charge in [0.15, 0.2) is 22.7 Å². The van der Waals surface area contributed by atoms with Crippen LogP contribution in [-0.2, 0) is 17.6 Å². The molecule has 2 aromatic rings. The Morgan fingerprint density at radius 1 is 1.32 bits per heavy atom. The lowest BCUT2D eigenvalue weighted by molar-refractivity contribution is -0.122. The molecule has 1 atom stereocenters. The van der Waals surface area contributed by atoms with Crippen molar-refractivity contribution < 1.29 is 19.0 Å². The van der Waals surface area contributed by atoms with Crippen molar-refractivity contribution in [2.45, 2.75) is 45.1 Å². The molecule has 0 saturated carbocycles. The lowest BCUT2D eigenvalue weighted by Crippen LogP contribution is -2.32. The van der Waals surface area contributed by atoms with Gasteiger partial charge in [0.25, 0.3) is 5.91 Å². The number of aryl methyl sites for hydroxylation is 2. The molecule has 1 unspecified atom stereocenters. The normalized spacial score (nSPS) is 16.2. The highest BCUT2D eigenvalue weighted by Crippen LogP contribution is 2.35. The number of carbonyl (C=O) groups excluding carboxylic acids is 1. The van der Waals surface area contributed by atoms with Crippen LogP contribution >= 0.6 is 11.3 Å². The number of anilines is 1. The molecule has 0 saturated heterocycles. The molecule has 1 aromatic carbocycles. The van der Waals surface area contributed by atoms with E-state index in [1.54, 1.807) is 29.5 Å². The number of hydrogen-bond donors (Lipinski definition) is 1. The third kappa shape index (κ3) is 3.42. The van der Waals surface area contributed by atoms with E-state index in [-0.39, 0.29) is 12.7 Å². The maximum Gasteiger partial charge on any atom is 0.267 e. The van der Waals surface area contributed by atoms with E-state index in [4.69, 9.17) is 14.2 Å². The van der Waals surface area contributed by atoms with Crippen LogP contribution in [0.15, 0.2) is 18.2 Å². The van der Waals surface area contributed by atoms with Crippen molar-refractivity contribution in [1.82, 2.24) is 4.98 Å². The van der Waals surface area contributed by atoms with Gasteiger partial charge in [-0.15, -0.1) is 11.3 Å². The molecule has 7 heteroatoms. The van der Waals surface area contributed by atoms with Gasteiger partial charge in [-0.2, -0.15) is 0 Å². The summed E-state index contributed by atoms with van der Waals surface area (Å²) in [4.78, 5) is 18.4. The number of rotatable bonds is 5. The van der Waals surface area contributed by atoms with Gasteiger partial charge in [0.1, 0.15) is 5.75 Å². The van der Waals surface area contributed by atoms with Crippen LogP contribution in [0, 0.1) is 0 Å². The van der Waals surface area contributed by atoms with Crippen LogP contribution in [0.25, 0.3) is 0 Å². The molecule has 1 aromatic heterocycles. The molecule has 0 bridgehead atoms. The summed E-state index contributed by atoms with van der Waals surface area (Å²) in [6, 6.07) is 5.32. The van der Waals surface area contributed by atoms with E-state index >= 15 is 0 Å². The van der Waals surface area contributed by atoms with Gasteiger partial charge in [0.2, 0.25) is 6.79 Å². The van der Waals surface area contributed by atoms with E-state index in [1.807, 2.05) is 6.92 Å². The van der Waals surface area contributed by atoms with E-state index in [0.717, 1.165) is 18.5 Å². The summed E-state index contributed by atoms with van der Waals surface area (Å²) in [5.41, 5.74) is 1.14. The zero-order valence-electron chi connectivity index (χ0n) is 14.0. The SMILES string of the molecule is CCC(Oc1ccc2c(c1)OCO2)C(=O)Nc1nc2c(s1)CCCC2. The van der Waals surface area contributed by atoms with Crippen LogP contribution in [0.4, 0.5) is 5.13 Å². The van der Waals surface area contributed by atoms with Gasteiger partial charge < -0.3 is 14.2 Å². The smallest absolute Gasteiger partial charge is 0.267 e. The molecule has 0 spiro atoms. The highest BCUT2D eigenvalue weighted by Gasteiger charge is 2.23. The van der Waals surface area contributed by atoms with Crippen LogP contribution in [0.3, 0.4) is 0 Å². The molecular weight excluding hydrogens is 340 g/mol. The van der Waals surface area contributed by atoms with E-state index in [9.17, 15) is 4.79 Å². The van der Waals surface area contributed by atoms with Crippen LogP contribution in [0.1, 0.15) is 36.8 Å². The topological polar surface area (TPSA) is 69.7 Å². The Hall–Kier alpha value is -2.28. The molecule has 1 N–H and O–H groups in total. The van der Waals surface area contributed by atoms with E-state index in [1.165, 1.54) is 17.7 Å². The quantitative estimate of drug-likeness (QED) is 0.883. The first-order chi connectivity index (χ1) is 12.2. The van der Waals surface area contributed by atoms with Crippen LogP contribution in [0.2, 0.25) is 0 Å². The number of amides is 1. The first-order valence-electron chi connectivity index (χ1n) is 8.58. The Bertz CT molecular complexity index is 766. The minimum absolute atomic E-state index is 0.175. The highest BCUT2D eigenvalue weighted by molar-refractivity contribution is 7.15. The summed E-state index contributed by atoms with van der Waals surface area (Å²) in [7, 11) is 0. The number of fused-ring (bicyclic) bond motifs is 2. The first kappa shape index (κ1) is 16.2. The van der Waals surface area contributed by atoms with Crippen LogP contribution < -0.4 is 19.5 Å². The molecule has 1 amide bonds. The third-order valence-corrected chi connectivity index (χ3v) is 5.43. The predicted molar refractivity (Wildman–Crippen MR) is 94.7 cm³/mol. The zero-order chi connectivity index (χ0) is 17.2. The van der Waals surface area contributed by atoms with Gasteiger partial charge in [0.05, 0.1) is 5.69 Å².